The maximum atomic E-state index is 5.49. The molecule has 0 aromatic heterocycles. The Morgan fingerprint density at radius 3 is 1.48 bits per heavy atom. The van der Waals surface area contributed by atoms with Crippen molar-refractivity contribution in [2.45, 2.75) is 109 Å². The Labute approximate surface area is 192 Å². The van der Waals surface area contributed by atoms with Crippen molar-refractivity contribution < 1.29 is 4.74 Å². The Balaban J connectivity index is 2.10. The smallest absolute Gasteiger partial charge is 0.118 e. The Bertz CT molecular complexity index is 720. The second-order valence-electron chi connectivity index (χ2n) is 12.6. The summed E-state index contributed by atoms with van der Waals surface area (Å²) in [5.41, 5.74) is 2.23. The SMILES string of the molecule is COc1ccc(C(C2CCC(C)(C)N(C)C2(C)C)C2CCC(C)(C)N(C)C2(C)C)cc1. The Morgan fingerprint density at radius 2 is 1.13 bits per heavy atom. The molecule has 1 aromatic rings. The van der Waals surface area contributed by atoms with Gasteiger partial charge in [-0.2, -0.15) is 0 Å². The fourth-order valence-electron chi connectivity index (χ4n) is 6.93. The van der Waals surface area contributed by atoms with Crippen LogP contribution in [0.25, 0.3) is 0 Å². The van der Waals surface area contributed by atoms with E-state index in [-0.39, 0.29) is 22.2 Å². The Hall–Kier alpha value is -1.06. The first kappa shape index (κ1) is 24.6. The molecule has 0 radical (unpaired) electrons. The van der Waals surface area contributed by atoms with E-state index in [0.717, 1.165) is 5.75 Å². The van der Waals surface area contributed by atoms with Crippen molar-refractivity contribution in [3.05, 3.63) is 29.8 Å². The molecule has 0 bridgehead atoms. The molecule has 0 amide bonds. The highest BCUT2D eigenvalue weighted by Crippen LogP contribution is 2.55. The van der Waals surface area contributed by atoms with Gasteiger partial charge in [0, 0.05) is 22.2 Å². The predicted octanol–water partition coefficient (Wildman–Crippen LogP) is 6.58. The summed E-state index contributed by atoms with van der Waals surface area (Å²) in [6.45, 7) is 19.6. The molecule has 2 fully saturated rings. The normalized spacial score (nSPS) is 31.2. The highest BCUT2D eigenvalue weighted by atomic mass is 16.5. The minimum atomic E-state index is 0.133. The Morgan fingerprint density at radius 1 is 0.742 bits per heavy atom. The van der Waals surface area contributed by atoms with Crippen LogP contribution in [-0.2, 0) is 0 Å². The largest absolute Gasteiger partial charge is 0.497 e. The van der Waals surface area contributed by atoms with Gasteiger partial charge in [0.1, 0.15) is 5.75 Å². The van der Waals surface area contributed by atoms with E-state index in [1.54, 1.807) is 7.11 Å². The lowest BCUT2D eigenvalue weighted by molar-refractivity contribution is -0.0967. The molecule has 2 aliphatic heterocycles. The van der Waals surface area contributed by atoms with Gasteiger partial charge in [-0.15, -0.1) is 0 Å². The Kier molecular flexibility index (Phi) is 6.39. The average Bonchev–Trinajstić information content (AvgIpc) is 2.69. The zero-order valence-corrected chi connectivity index (χ0v) is 22.2. The number of hydrogen-bond donors (Lipinski definition) is 0. The highest BCUT2D eigenvalue weighted by Gasteiger charge is 2.54. The third-order valence-electron chi connectivity index (χ3n) is 9.86. The number of likely N-dealkylation sites (tertiary alicyclic amines) is 2. The minimum absolute atomic E-state index is 0.133. The summed E-state index contributed by atoms with van der Waals surface area (Å²) < 4.78 is 5.49. The van der Waals surface area contributed by atoms with E-state index < -0.39 is 0 Å². The van der Waals surface area contributed by atoms with E-state index in [9.17, 15) is 0 Å². The lowest BCUT2D eigenvalue weighted by Crippen LogP contribution is -2.65. The van der Waals surface area contributed by atoms with Gasteiger partial charge < -0.3 is 4.74 Å². The molecule has 3 rings (SSSR count). The monoisotopic (exact) mass is 428 g/mol. The average molecular weight is 429 g/mol. The van der Waals surface area contributed by atoms with E-state index in [1.807, 2.05) is 0 Å². The molecule has 2 heterocycles. The van der Waals surface area contributed by atoms with Crippen LogP contribution in [0.1, 0.15) is 92.6 Å². The summed E-state index contributed by atoms with van der Waals surface area (Å²) in [4.78, 5) is 5.32. The molecule has 176 valence electrons. The maximum Gasteiger partial charge on any atom is 0.118 e. The van der Waals surface area contributed by atoms with Crippen LogP contribution in [0.5, 0.6) is 5.75 Å². The van der Waals surface area contributed by atoms with Crippen molar-refractivity contribution >= 4 is 0 Å². The standard InChI is InChI=1S/C28H48N2O/c1-25(2)18-16-22(27(5,6)29(25)9)24(20-12-14-21(31-11)15-13-20)23-17-19-26(3,4)30(10)28(23,7)8/h12-15,22-24H,16-19H2,1-11H3. The molecule has 1 aromatic carbocycles. The molecule has 0 aliphatic carbocycles. The zero-order chi connectivity index (χ0) is 23.4. The molecular formula is C28H48N2O. The van der Waals surface area contributed by atoms with E-state index >= 15 is 0 Å². The van der Waals surface area contributed by atoms with Gasteiger partial charge in [-0.1, -0.05) is 12.1 Å². The number of piperidine rings is 2. The number of rotatable bonds is 4. The second kappa shape index (κ2) is 8.06. The van der Waals surface area contributed by atoms with Crippen LogP contribution in [0.3, 0.4) is 0 Å². The first-order chi connectivity index (χ1) is 14.2. The fraction of sp³-hybridized carbons (Fsp3) is 0.786. The lowest BCUT2D eigenvalue weighted by Gasteiger charge is -2.62. The first-order valence-corrected chi connectivity index (χ1v) is 12.3. The number of benzene rings is 1. The summed E-state index contributed by atoms with van der Waals surface area (Å²) >= 11 is 0. The van der Waals surface area contributed by atoms with Gasteiger partial charge in [-0.25, -0.2) is 0 Å². The van der Waals surface area contributed by atoms with Gasteiger partial charge >= 0.3 is 0 Å². The van der Waals surface area contributed by atoms with E-state index in [2.05, 4.69) is 104 Å². The van der Waals surface area contributed by atoms with Crippen LogP contribution in [0.4, 0.5) is 0 Å². The summed E-state index contributed by atoms with van der Waals surface area (Å²) in [5.74, 6) is 2.69. The molecule has 3 nitrogen and oxygen atoms in total. The molecule has 0 saturated carbocycles. The summed E-state index contributed by atoms with van der Waals surface area (Å²) in [6, 6.07) is 9.01. The lowest BCUT2D eigenvalue weighted by atomic mass is 9.57. The van der Waals surface area contributed by atoms with Gasteiger partial charge in [0.2, 0.25) is 0 Å². The summed E-state index contributed by atoms with van der Waals surface area (Å²) in [7, 11) is 6.45. The van der Waals surface area contributed by atoms with E-state index in [4.69, 9.17) is 4.74 Å². The summed E-state index contributed by atoms with van der Waals surface area (Å²) in [5, 5.41) is 0. The van der Waals surface area contributed by atoms with Crippen molar-refractivity contribution in [2.75, 3.05) is 21.2 Å². The molecule has 31 heavy (non-hydrogen) atoms. The van der Waals surface area contributed by atoms with E-state index in [1.165, 1.54) is 31.2 Å². The van der Waals surface area contributed by atoms with Crippen LogP contribution in [-0.4, -0.2) is 53.2 Å². The molecule has 0 N–H and O–H groups in total. The van der Waals surface area contributed by atoms with Crippen molar-refractivity contribution in [3.8, 4) is 5.75 Å². The summed E-state index contributed by atoms with van der Waals surface area (Å²) in [6.07, 6.45) is 5.05. The van der Waals surface area contributed by atoms with Gasteiger partial charge in [0.05, 0.1) is 7.11 Å². The number of ether oxygens (including phenoxy) is 1. The molecule has 3 heteroatoms. The quantitative estimate of drug-likeness (QED) is 0.539. The van der Waals surface area contributed by atoms with Crippen LogP contribution in [0, 0.1) is 11.8 Å². The second-order valence-corrected chi connectivity index (χ2v) is 12.6. The molecule has 2 atom stereocenters. The van der Waals surface area contributed by atoms with Crippen LogP contribution in [0.2, 0.25) is 0 Å². The maximum absolute atomic E-state index is 5.49. The topological polar surface area (TPSA) is 15.7 Å². The van der Waals surface area contributed by atoms with Crippen LogP contribution < -0.4 is 4.74 Å². The zero-order valence-electron chi connectivity index (χ0n) is 22.2. The van der Waals surface area contributed by atoms with Crippen LogP contribution in [0.15, 0.2) is 24.3 Å². The minimum Gasteiger partial charge on any atom is -0.497 e. The van der Waals surface area contributed by atoms with Crippen molar-refractivity contribution in [1.82, 2.24) is 9.80 Å². The van der Waals surface area contributed by atoms with Gasteiger partial charge in [-0.05, 0) is 131 Å². The van der Waals surface area contributed by atoms with Crippen molar-refractivity contribution in [1.29, 1.82) is 0 Å². The molecule has 0 spiro atoms. The first-order valence-electron chi connectivity index (χ1n) is 12.3. The molecule has 2 aliphatic rings. The van der Waals surface area contributed by atoms with Crippen molar-refractivity contribution in [2.24, 2.45) is 11.8 Å². The van der Waals surface area contributed by atoms with Gasteiger partial charge in [0.15, 0.2) is 0 Å². The number of hydrogen-bond acceptors (Lipinski definition) is 3. The van der Waals surface area contributed by atoms with Gasteiger partial charge in [0.25, 0.3) is 0 Å². The third-order valence-corrected chi connectivity index (χ3v) is 9.86. The fourth-order valence-corrected chi connectivity index (χ4v) is 6.93. The third kappa shape index (κ3) is 4.17. The molecule has 2 unspecified atom stereocenters. The van der Waals surface area contributed by atoms with Crippen LogP contribution >= 0.6 is 0 Å². The highest BCUT2D eigenvalue weighted by molar-refractivity contribution is 5.32. The van der Waals surface area contributed by atoms with Crippen molar-refractivity contribution in [3.63, 3.8) is 0 Å². The number of methoxy groups -OCH3 is 1. The molecule has 2 saturated heterocycles. The molecular weight excluding hydrogens is 380 g/mol. The number of nitrogens with zero attached hydrogens (tertiary/aromatic N) is 2. The predicted molar refractivity (Wildman–Crippen MR) is 133 cm³/mol. The van der Waals surface area contributed by atoms with E-state index in [0.29, 0.717) is 17.8 Å². The van der Waals surface area contributed by atoms with Gasteiger partial charge in [-0.3, -0.25) is 9.80 Å².